The van der Waals surface area contributed by atoms with Crippen LogP contribution in [0.2, 0.25) is 5.28 Å². The van der Waals surface area contributed by atoms with Crippen LogP contribution in [0.3, 0.4) is 0 Å². The van der Waals surface area contributed by atoms with Crippen LogP contribution in [0.25, 0.3) is 11.2 Å². The molecule has 0 spiro atoms. The second kappa shape index (κ2) is 12.1. The number of aromatic nitrogens is 4. The number of halogens is 2. The van der Waals surface area contributed by atoms with Gasteiger partial charge in [-0.2, -0.15) is 9.97 Å². The summed E-state index contributed by atoms with van der Waals surface area (Å²) in [5.41, 5.74) is 6.16. The Labute approximate surface area is 249 Å². The first kappa shape index (κ1) is 31.2. The van der Waals surface area contributed by atoms with Gasteiger partial charge in [0.2, 0.25) is 11.1 Å². The molecule has 3 aromatic rings. The normalized spacial score (nSPS) is 26.7. The third kappa shape index (κ3) is 6.21. The minimum Gasteiger partial charge on any atom is -0.395 e. The molecule has 13 nitrogen and oxygen atoms in total. The maximum Gasteiger partial charge on any atom is 0.405 e. The van der Waals surface area contributed by atoms with Crippen molar-refractivity contribution >= 4 is 53.2 Å². The van der Waals surface area contributed by atoms with E-state index in [0.717, 1.165) is 17.3 Å². The molecule has 2 aliphatic rings. The highest BCUT2D eigenvalue weighted by Crippen LogP contribution is 2.66. The summed E-state index contributed by atoms with van der Waals surface area (Å²) in [6.07, 6.45) is -1.13. The van der Waals surface area contributed by atoms with Gasteiger partial charge in [0.25, 0.3) is 0 Å². The molecule has 1 aliphatic heterocycles. The summed E-state index contributed by atoms with van der Waals surface area (Å²) in [7, 11) is -4.00. The molecule has 2 aromatic heterocycles. The first-order chi connectivity index (χ1) is 19.9. The number of nitrogens with zero attached hydrogens (tertiary/aromatic N) is 4. The average molecular weight is 645 g/mol. The highest BCUT2D eigenvalue weighted by molar-refractivity contribution is 8.13. The van der Waals surface area contributed by atoms with Crippen molar-refractivity contribution in [3.63, 3.8) is 0 Å². The third-order valence-corrected chi connectivity index (χ3v) is 10.1. The molecule has 1 saturated carbocycles. The highest BCUT2D eigenvalue weighted by Gasteiger charge is 2.78. The number of hydrogen-bond donors (Lipinski definition) is 4. The number of hydrogen-bond acceptors (Lipinski definition) is 12. The maximum atomic E-state index is 15.8. The number of anilines is 1. The second-order valence-corrected chi connectivity index (χ2v) is 13.9. The van der Waals surface area contributed by atoms with Crippen LogP contribution in [0.5, 0.6) is 0 Å². The molecular weight excluding hydrogens is 614 g/mol. The lowest BCUT2D eigenvalue weighted by atomic mass is 9.97. The molecule has 5 N–H and O–H groups in total. The molecule has 0 bridgehead atoms. The number of thioether (sulfide) groups is 1. The quantitative estimate of drug-likeness (QED) is 0.121. The van der Waals surface area contributed by atoms with E-state index in [1.54, 1.807) is 13.8 Å². The van der Waals surface area contributed by atoms with Crippen molar-refractivity contribution < 1.29 is 37.7 Å². The van der Waals surface area contributed by atoms with Gasteiger partial charge in [0.15, 0.2) is 16.6 Å². The van der Waals surface area contributed by atoms with E-state index >= 15 is 4.39 Å². The van der Waals surface area contributed by atoms with Gasteiger partial charge in [-0.25, -0.2) is 19.0 Å². The third-order valence-electron chi connectivity index (χ3n) is 7.14. The number of ether oxygens (including phenoxy) is 1. The molecule has 228 valence electrons. The molecule has 42 heavy (non-hydrogen) atoms. The van der Waals surface area contributed by atoms with Crippen LogP contribution < -0.4 is 10.8 Å². The zero-order chi connectivity index (χ0) is 30.3. The van der Waals surface area contributed by atoms with Gasteiger partial charge in [-0.1, -0.05) is 42.1 Å². The van der Waals surface area contributed by atoms with Crippen molar-refractivity contribution in [2.75, 3.05) is 31.3 Å². The number of benzene rings is 1. The van der Waals surface area contributed by atoms with E-state index in [1.807, 2.05) is 30.3 Å². The Bertz CT molecular complexity index is 1500. The number of aliphatic hydroxyl groups is 2. The van der Waals surface area contributed by atoms with E-state index in [4.69, 9.17) is 31.1 Å². The molecule has 1 aliphatic carbocycles. The van der Waals surface area contributed by atoms with E-state index in [9.17, 15) is 19.6 Å². The van der Waals surface area contributed by atoms with Crippen LogP contribution in [-0.4, -0.2) is 78.5 Å². The fourth-order valence-corrected chi connectivity index (χ4v) is 7.10. The van der Waals surface area contributed by atoms with Gasteiger partial charge in [-0.3, -0.25) is 13.8 Å². The summed E-state index contributed by atoms with van der Waals surface area (Å²) in [6.45, 7) is 2.50. The standard InChI is InChI=1S/C25H31ClFN6O7PS/c1-24(2,12-34)22(36)42-9-8-38-41(37,30-10-14-6-4-3-5-7-14)39-11-15-18(35)16-19(25(16,27)40-15)33-13-29-17-20(28)31-23(26)32-21(17)33/h3-7,13,15-16,18-19,34-35H,8-12H2,1-2H3,(H,30,37)(H2,28,31,32). The fourth-order valence-electron chi connectivity index (χ4n) is 4.69. The number of nitrogens with two attached hydrogens (primary N) is 1. The summed E-state index contributed by atoms with van der Waals surface area (Å²) >= 11 is 6.85. The van der Waals surface area contributed by atoms with Crippen molar-refractivity contribution in [3.05, 3.63) is 47.5 Å². The minimum absolute atomic E-state index is 0.0360. The van der Waals surface area contributed by atoms with E-state index < -0.39 is 49.8 Å². The van der Waals surface area contributed by atoms with E-state index in [0.29, 0.717) is 0 Å². The summed E-state index contributed by atoms with van der Waals surface area (Å²) in [5, 5.41) is 22.7. The van der Waals surface area contributed by atoms with Gasteiger partial charge in [0.05, 0.1) is 43.6 Å². The van der Waals surface area contributed by atoms with Crippen molar-refractivity contribution in [2.24, 2.45) is 11.3 Å². The van der Waals surface area contributed by atoms with Crippen LogP contribution in [0.15, 0.2) is 36.7 Å². The van der Waals surface area contributed by atoms with Crippen LogP contribution in [0.4, 0.5) is 10.2 Å². The minimum atomic E-state index is -4.00. The smallest absolute Gasteiger partial charge is 0.395 e. The summed E-state index contributed by atoms with van der Waals surface area (Å²) in [6, 6.07) is 8.16. The molecule has 6 unspecified atom stereocenters. The molecule has 17 heteroatoms. The molecule has 3 heterocycles. The number of carbonyl (C=O) groups excluding carboxylic acids is 1. The van der Waals surface area contributed by atoms with Crippen LogP contribution >= 0.6 is 31.1 Å². The van der Waals surface area contributed by atoms with Gasteiger partial charge in [0.1, 0.15) is 17.7 Å². The predicted octanol–water partition coefficient (Wildman–Crippen LogP) is 2.87. The second-order valence-electron chi connectivity index (χ2n) is 10.6. The Morgan fingerprint density at radius 3 is 2.74 bits per heavy atom. The van der Waals surface area contributed by atoms with Crippen LogP contribution in [0, 0.1) is 11.3 Å². The summed E-state index contributed by atoms with van der Waals surface area (Å²) < 4.78 is 47.6. The van der Waals surface area contributed by atoms with E-state index in [1.165, 1.54) is 10.9 Å². The van der Waals surface area contributed by atoms with Crippen molar-refractivity contribution in [2.45, 2.75) is 44.5 Å². The van der Waals surface area contributed by atoms with E-state index in [-0.39, 0.29) is 52.9 Å². The zero-order valence-corrected chi connectivity index (χ0v) is 25.2. The number of fused-ring (bicyclic) bond motifs is 2. The SMILES string of the molecule is CC(C)(CO)C(=O)SCCOP(=O)(NCc1ccccc1)OCC1OC2(F)C(C1O)C2n1cnc2c(N)nc(Cl)nc21. The van der Waals surface area contributed by atoms with Gasteiger partial charge in [0, 0.05) is 12.3 Å². The van der Waals surface area contributed by atoms with Crippen LogP contribution in [0.1, 0.15) is 25.5 Å². The Morgan fingerprint density at radius 2 is 2.07 bits per heavy atom. The number of carbonyl (C=O) groups is 1. The lowest BCUT2D eigenvalue weighted by Gasteiger charge is -2.25. The molecule has 1 aromatic carbocycles. The average Bonchev–Trinajstić information content (AvgIpc) is 3.20. The first-order valence-corrected chi connectivity index (χ1v) is 16.0. The highest BCUT2D eigenvalue weighted by atomic mass is 35.5. The van der Waals surface area contributed by atoms with Gasteiger partial charge in [-0.15, -0.1) is 0 Å². The zero-order valence-electron chi connectivity index (χ0n) is 22.7. The fraction of sp³-hybridized carbons (Fsp3) is 0.520. The maximum absolute atomic E-state index is 15.8. The summed E-state index contributed by atoms with van der Waals surface area (Å²) in [5.74, 6) is -3.05. The molecule has 5 rings (SSSR count). The van der Waals surface area contributed by atoms with E-state index in [2.05, 4.69) is 20.0 Å². The number of imidazole rings is 1. The number of alkyl halides is 1. The topological polar surface area (TPSA) is 184 Å². The van der Waals surface area contributed by atoms with Gasteiger partial charge < -0.3 is 25.3 Å². The number of nitrogens with one attached hydrogen (secondary N) is 1. The van der Waals surface area contributed by atoms with Gasteiger partial charge >= 0.3 is 7.75 Å². The van der Waals surface area contributed by atoms with Crippen molar-refractivity contribution in [1.29, 1.82) is 0 Å². The number of aliphatic hydroxyl groups excluding tert-OH is 2. The summed E-state index contributed by atoms with van der Waals surface area (Å²) in [4.78, 5) is 24.3. The van der Waals surface area contributed by atoms with Gasteiger partial charge in [-0.05, 0) is 31.0 Å². The van der Waals surface area contributed by atoms with Crippen molar-refractivity contribution in [1.82, 2.24) is 24.6 Å². The first-order valence-electron chi connectivity index (χ1n) is 13.0. The van der Waals surface area contributed by atoms with Crippen molar-refractivity contribution in [3.8, 4) is 0 Å². The van der Waals surface area contributed by atoms with Crippen LogP contribution in [-0.2, 0) is 29.7 Å². The molecule has 2 fully saturated rings. The monoisotopic (exact) mass is 644 g/mol. The lowest BCUT2D eigenvalue weighted by molar-refractivity contribution is -0.119. The molecule has 0 amide bonds. The Hall–Kier alpha value is -2.20. The molecular formula is C25H31ClFN6O7PS. The Kier molecular flexibility index (Phi) is 8.97. The largest absolute Gasteiger partial charge is 0.405 e. The Balaban J connectivity index is 1.22. The number of nitrogen functional groups attached to an aromatic ring is 1. The Morgan fingerprint density at radius 1 is 1.33 bits per heavy atom. The number of rotatable bonds is 13. The predicted molar refractivity (Wildman–Crippen MR) is 153 cm³/mol. The molecule has 1 saturated heterocycles. The molecule has 6 atom stereocenters. The molecule has 0 radical (unpaired) electrons. The lowest BCUT2D eigenvalue weighted by Crippen LogP contribution is -2.33.